The van der Waals surface area contributed by atoms with Crippen molar-refractivity contribution in [2.24, 2.45) is 0 Å². The molecule has 0 spiro atoms. The summed E-state index contributed by atoms with van der Waals surface area (Å²) in [6.45, 7) is 6.01. The van der Waals surface area contributed by atoms with Gasteiger partial charge < -0.3 is 9.32 Å². The predicted octanol–water partition coefficient (Wildman–Crippen LogP) is 4.05. The number of amides is 1. The summed E-state index contributed by atoms with van der Waals surface area (Å²) in [4.78, 5) is 19.9. The molecule has 0 fully saturated rings. The van der Waals surface area contributed by atoms with E-state index in [1.807, 2.05) is 33.1 Å². The highest BCUT2D eigenvalue weighted by atomic mass is 32.2. The highest BCUT2D eigenvalue weighted by molar-refractivity contribution is 7.97. The van der Waals surface area contributed by atoms with Crippen LogP contribution in [0.5, 0.6) is 0 Å². The second kappa shape index (κ2) is 6.66. The standard InChI is InChI=1S/C15H20N2O2S2/c1-9(14-10(2)21-11(3)16-14)17(4)15(18)13-7-6-12(19-13)8-20-5/h6-7,9H,8H2,1-5H3/t9-/m1/s1. The fourth-order valence-electron chi connectivity index (χ4n) is 2.18. The molecular weight excluding hydrogens is 304 g/mol. The van der Waals surface area contributed by atoms with Crippen LogP contribution in [-0.2, 0) is 5.75 Å². The van der Waals surface area contributed by atoms with Crippen molar-refractivity contribution in [2.45, 2.75) is 32.6 Å². The van der Waals surface area contributed by atoms with Crippen molar-refractivity contribution in [2.75, 3.05) is 13.3 Å². The van der Waals surface area contributed by atoms with Crippen molar-refractivity contribution in [3.63, 3.8) is 0 Å². The van der Waals surface area contributed by atoms with E-state index in [2.05, 4.69) is 4.98 Å². The molecular formula is C15H20N2O2S2. The summed E-state index contributed by atoms with van der Waals surface area (Å²) in [5, 5.41) is 1.02. The van der Waals surface area contributed by atoms with E-state index in [1.165, 1.54) is 0 Å². The highest BCUT2D eigenvalue weighted by Crippen LogP contribution is 2.27. The molecule has 0 saturated heterocycles. The van der Waals surface area contributed by atoms with Crippen molar-refractivity contribution in [1.29, 1.82) is 0 Å². The molecule has 0 aliphatic rings. The van der Waals surface area contributed by atoms with Crippen molar-refractivity contribution in [3.8, 4) is 0 Å². The molecule has 21 heavy (non-hydrogen) atoms. The van der Waals surface area contributed by atoms with Gasteiger partial charge >= 0.3 is 0 Å². The number of hydrogen-bond acceptors (Lipinski definition) is 5. The number of nitrogens with zero attached hydrogens (tertiary/aromatic N) is 2. The minimum atomic E-state index is -0.111. The number of rotatable bonds is 5. The Bertz CT molecular complexity index is 633. The maximum absolute atomic E-state index is 12.5. The third-order valence-corrected chi connectivity index (χ3v) is 4.87. The molecule has 0 N–H and O–H groups in total. The second-order valence-electron chi connectivity index (χ2n) is 4.97. The Morgan fingerprint density at radius 1 is 1.48 bits per heavy atom. The molecule has 0 saturated carbocycles. The largest absolute Gasteiger partial charge is 0.455 e. The van der Waals surface area contributed by atoms with Crippen LogP contribution in [0.4, 0.5) is 0 Å². The molecule has 0 radical (unpaired) electrons. The van der Waals surface area contributed by atoms with Gasteiger partial charge in [0, 0.05) is 11.9 Å². The zero-order valence-corrected chi connectivity index (χ0v) is 14.6. The average Bonchev–Trinajstić information content (AvgIpc) is 3.03. The van der Waals surface area contributed by atoms with E-state index in [-0.39, 0.29) is 11.9 Å². The summed E-state index contributed by atoms with van der Waals surface area (Å²) in [7, 11) is 1.79. The van der Waals surface area contributed by atoms with Gasteiger partial charge in [-0.05, 0) is 39.2 Å². The van der Waals surface area contributed by atoms with Gasteiger partial charge in [-0.1, -0.05) is 0 Å². The van der Waals surface area contributed by atoms with Crippen molar-refractivity contribution in [1.82, 2.24) is 9.88 Å². The van der Waals surface area contributed by atoms with E-state index >= 15 is 0 Å². The average molecular weight is 324 g/mol. The van der Waals surface area contributed by atoms with E-state index in [0.29, 0.717) is 5.76 Å². The molecule has 4 nitrogen and oxygen atoms in total. The number of hydrogen-bond donors (Lipinski definition) is 0. The lowest BCUT2D eigenvalue weighted by molar-refractivity contribution is 0.0706. The first kappa shape index (κ1) is 16.1. The molecule has 2 aromatic heterocycles. The molecule has 0 aromatic carbocycles. The van der Waals surface area contributed by atoms with Crippen LogP contribution in [0.25, 0.3) is 0 Å². The van der Waals surface area contributed by atoms with E-state index in [1.54, 1.807) is 41.1 Å². The van der Waals surface area contributed by atoms with Gasteiger partial charge in [0.1, 0.15) is 5.76 Å². The monoisotopic (exact) mass is 324 g/mol. The first-order valence-corrected chi connectivity index (χ1v) is 8.93. The fraction of sp³-hybridized carbons (Fsp3) is 0.467. The normalized spacial score (nSPS) is 12.4. The van der Waals surface area contributed by atoms with Gasteiger partial charge in [0.2, 0.25) is 0 Å². The van der Waals surface area contributed by atoms with Gasteiger partial charge in [0.25, 0.3) is 5.91 Å². The van der Waals surface area contributed by atoms with E-state index < -0.39 is 0 Å². The number of carbonyl (C=O) groups is 1. The summed E-state index contributed by atoms with van der Waals surface area (Å²) in [6.07, 6.45) is 2.01. The van der Waals surface area contributed by atoms with Gasteiger partial charge in [-0.2, -0.15) is 11.8 Å². The van der Waals surface area contributed by atoms with Crippen LogP contribution in [0.1, 0.15) is 44.9 Å². The Morgan fingerprint density at radius 3 is 2.76 bits per heavy atom. The Hall–Kier alpha value is -1.27. The molecule has 6 heteroatoms. The van der Waals surface area contributed by atoms with Crippen molar-refractivity contribution in [3.05, 3.63) is 39.2 Å². The van der Waals surface area contributed by atoms with Crippen LogP contribution >= 0.6 is 23.1 Å². The van der Waals surface area contributed by atoms with Gasteiger partial charge in [-0.15, -0.1) is 11.3 Å². The molecule has 0 bridgehead atoms. The van der Waals surface area contributed by atoms with E-state index in [4.69, 9.17) is 4.42 Å². The molecule has 0 aliphatic heterocycles. The Balaban J connectivity index is 2.16. The summed E-state index contributed by atoms with van der Waals surface area (Å²) < 4.78 is 5.60. The quantitative estimate of drug-likeness (QED) is 0.832. The lowest BCUT2D eigenvalue weighted by Crippen LogP contribution is -2.29. The van der Waals surface area contributed by atoms with Gasteiger partial charge in [-0.25, -0.2) is 4.98 Å². The zero-order valence-electron chi connectivity index (χ0n) is 13.0. The second-order valence-corrected chi connectivity index (χ2v) is 7.24. The van der Waals surface area contributed by atoms with Crippen molar-refractivity contribution >= 4 is 29.0 Å². The summed E-state index contributed by atoms with van der Waals surface area (Å²) >= 11 is 3.33. The molecule has 1 amide bonds. The topological polar surface area (TPSA) is 46.3 Å². The number of carbonyl (C=O) groups excluding carboxylic acids is 1. The molecule has 2 aromatic rings. The first-order chi connectivity index (χ1) is 9.93. The number of thioether (sulfide) groups is 1. The summed E-state index contributed by atoms with van der Waals surface area (Å²) in [5.41, 5.74) is 0.962. The molecule has 114 valence electrons. The lowest BCUT2D eigenvalue weighted by atomic mass is 10.2. The fourth-order valence-corrected chi connectivity index (χ4v) is 3.53. The maximum atomic E-state index is 12.5. The minimum Gasteiger partial charge on any atom is -0.455 e. The number of furan rings is 1. The smallest absolute Gasteiger partial charge is 0.289 e. The Kier molecular flexibility index (Phi) is 5.11. The first-order valence-electron chi connectivity index (χ1n) is 6.72. The highest BCUT2D eigenvalue weighted by Gasteiger charge is 2.24. The Morgan fingerprint density at radius 2 is 2.19 bits per heavy atom. The number of aryl methyl sites for hydroxylation is 2. The van der Waals surface area contributed by atoms with Crippen LogP contribution in [0.15, 0.2) is 16.5 Å². The summed E-state index contributed by atoms with van der Waals surface area (Å²) in [5.74, 6) is 1.88. The van der Waals surface area contributed by atoms with Crippen LogP contribution < -0.4 is 0 Å². The number of aromatic nitrogens is 1. The third-order valence-electron chi connectivity index (χ3n) is 3.40. The van der Waals surface area contributed by atoms with Gasteiger partial charge in [0.05, 0.1) is 22.5 Å². The van der Waals surface area contributed by atoms with Crippen LogP contribution in [-0.4, -0.2) is 29.1 Å². The molecule has 0 aliphatic carbocycles. The minimum absolute atomic E-state index is 0.0726. The lowest BCUT2D eigenvalue weighted by Gasteiger charge is -2.23. The van der Waals surface area contributed by atoms with E-state index in [0.717, 1.165) is 27.1 Å². The molecule has 2 rings (SSSR count). The maximum Gasteiger partial charge on any atom is 0.289 e. The third kappa shape index (κ3) is 3.49. The molecule has 2 heterocycles. The molecule has 0 unspecified atom stereocenters. The summed E-state index contributed by atoms with van der Waals surface area (Å²) in [6, 6.07) is 3.54. The van der Waals surface area contributed by atoms with E-state index in [9.17, 15) is 4.79 Å². The SMILES string of the molecule is CSCc1ccc(C(=O)N(C)[C@H](C)c2nc(C)sc2C)o1. The van der Waals surface area contributed by atoms with Crippen LogP contribution in [0.2, 0.25) is 0 Å². The predicted molar refractivity (Wildman–Crippen MR) is 88.0 cm³/mol. The van der Waals surface area contributed by atoms with Crippen molar-refractivity contribution < 1.29 is 9.21 Å². The van der Waals surface area contributed by atoms with Crippen LogP contribution in [0.3, 0.4) is 0 Å². The van der Waals surface area contributed by atoms with Gasteiger partial charge in [-0.3, -0.25) is 4.79 Å². The zero-order chi connectivity index (χ0) is 15.6. The van der Waals surface area contributed by atoms with Gasteiger partial charge in [0.15, 0.2) is 5.76 Å². The Labute approximate surface area is 133 Å². The number of thiazole rings is 1. The van der Waals surface area contributed by atoms with Crippen LogP contribution in [0, 0.1) is 13.8 Å². The molecule has 1 atom stereocenters.